The Hall–Kier alpha value is -0.905. The first-order valence-electron chi connectivity index (χ1n) is 4.08. The van der Waals surface area contributed by atoms with E-state index < -0.39 is 7.32 Å². The van der Waals surface area contributed by atoms with Gasteiger partial charge in [-0.3, -0.25) is 0 Å². The second-order valence-electron chi connectivity index (χ2n) is 2.47. The van der Waals surface area contributed by atoms with Gasteiger partial charge in [-0.1, -0.05) is 11.6 Å². The average Bonchev–Trinajstić information content (AvgIpc) is 2.10. The van der Waals surface area contributed by atoms with Crippen LogP contribution in [0.25, 0.3) is 0 Å². The minimum atomic E-state index is -1.84. The van der Waals surface area contributed by atoms with E-state index in [4.69, 9.17) is 26.4 Å². The quantitative estimate of drug-likeness (QED) is 0.740. The zero-order valence-electron chi connectivity index (χ0n) is 7.61. The Morgan fingerprint density at radius 2 is 2.14 bits per heavy atom. The second kappa shape index (κ2) is 5.09. The van der Waals surface area contributed by atoms with E-state index in [1.807, 2.05) is 6.92 Å². The molecule has 6 heteroatoms. The zero-order chi connectivity index (χ0) is 10.6. The number of hydrogen-bond acceptors (Lipinski definition) is 4. The van der Waals surface area contributed by atoms with Crippen LogP contribution in [0, 0.1) is 0 Å². The topological polar surface area (TPSA) is 58.9 Å². The van der Waals surface area contributed by atoms with Crippen LogP contribution in [-0.4, -0.2) is 24.0 Å². The van der Waals surface area contributed by atoms with Crippen molar-refractivity contribution in [3.8, 4) is 11.5 Å². The van der Waals surface area contributed by atoms with Crippen LogP contribution in [0.2, 0.25) is 5.02 Å². The molecule has 4 nitrogen and oxygen atoms in total. The van der Waals surface area contributed by atoms with Gasteiger partial charge in [0, 0.05) is 6.07 Å². The summed E-state index contributed by atoms with van der Waals surface area (Å²) in [6.45, 7) is 2.30. The molecule has 0 radical (unpaired) electrons. The van der Waals surface area contributed by atoms with Crippen LogP contribution in [0.4, 0.5) is 0 Å². The second-order valence-corrected chi connectivity index (χ2v) is 2.88. The summed E-state index contributed by atoms with van der Waals surface area (Å²) in [4.78, 5) is 0. The molecular weight excluding hydrogens is 206 g/mol. The number of halogens is 1. The molecule has 1 aromatic carbocycles. The highest BCUT2D eigenvalue weighted by molar-refractivity contribution is 6.34. The molecule has 0 spiro atoms. The largest absolute Gasteiger partial charge is 0.707 e. The van der Waals surface area contributed by atoms with Crippen molar-refractivity contribution < 1.29 is 19.4 Å². The first-order chi connectivity index (χ1) is 6.63. The van der Waals surface area contributed by atoms with E-state index in [-0.39, 0.29) is 5.75 Å². The summed E-state index contributed by atoms with van der Waals surface area (Å²) in [6.07, 6.45) is 0. The minimum absolute atomic E-state index is 0.285. The van der Waals surface area contributed by atoms with Crippen molar-refractivity contribution in [2.75, 3.05) is 6.61 Å². The van der Waals surface area contributed by atoms with Crippen molar-refractivity contribution >= 4 is 18.9 Å². The average molecular weight is 216 g/mol. The van der Waals surface area contributed by atoms with Crippen molar-refractivity contribution in [2.24, 2.45) is 0 Å². The first kappa shape index (κ1) is 11.2. The number of hydrogen-bond donors (Lipinski definition) is 2. The Labute approximate surface area is 87.2 Å². The molecule has 0 aliphatic carbocycles. The highest BCUT2D eigenvalue weighted by atomic mass is 35.5. The summed E-state index contributed by atoms with van der Waals surface area (Å²) in [6, 6.07) is 4.57. The molecule has 0 aliphatic rings. The van der Waals surface area contributed by atoms with Crippen LogP contribution in [0.1, 0.15) is 6.92 Å². The Morgan fingerprint density at radius 1 is 1.43 bits per heavy atom. The maximum Gasteiger partial charge on any atom is 0.707 e. The molecule has 0 fully saturated rings. The fraction of sp³-hybridized carbons (Fsp3) is 0.250. The van der Waals surface area contributed by atoms with Crippen molar-refractivity contribution in [3.63, 3.8) is 0 Å². The van der Waals surface area contributed by atoms with Crippen LogP contribution in [-0.2, 0) is 0 Å². The lowest BCUT2D eigenvalue weighted by atomic mass is 10.2. The molecule has 0 saturated heterocycles. The number of benzene rings is 1. The fourth-order valence-electron chi connectivity index (χ4n) is 0.945. The predicted octanol–water partition coefficient (Wildman–Crippen LogP) is 1.09. The van der Waals surface area contributed by atoms with E-state index in [1.54, 1.807) is 6.07 Å². The van der Waals surface area contributed by atoms with Gasteiger partial charge in [0.15, 0.2) is 0 Å². The highest BCUT2D eigenvalue weighted by Crippen LogP contribution is 2.28. The standard InChI is InChI=1S/C8H10BClO4/c1-2-13-8-5-6(14-9(11)12)3-4-7(8)10/h3-5,11-12H,2H2,1H3. The zero-order valence-corrected chi connectivity index (χ0v) is 8.36. The monoisotopic (exact) mass is 216 g/mol. The smallest absolute Gasteiger partial charge is 0.512 e. The van der Waals surface area contributed by atoms with Crippen molar-refractivity contribution in [3.05, 3.63) is 23.2 Å². The van der Waals surface area contributed by atoms with Crippen LogP contribution in [0.3, 0.4) is 0 Å². The van der Waals surface area contributed by atoms with Gasteiger partial charge in [-0.15, -0.1) is 0 Å². The summed E-state index contributed by atoms with van der Waals surface area (Å²) >= 11 is 5.81. The molecule has 0 aromatic heterocycles. The van der Waals surface area contributed by atoms with Gasteiger partial charge < -0.3 is 19.4 Å². The molecule has 1 rings (SSSR count). The molecular formula is C8H10BClO4. The molecule has 0 saturated carbocycles. The normalized spacial score (nSPS) is 9.71. The van der Waals surface area contributed by atoms with Crippen LogP contribution < -0.4 is 9.39 Å². The summed E-state index contributed by atoms with van der Waals surface area (Å²) in [5, 5.41) is 17.6. The predicted molar refractivity (Wildman–Crippen MR) is 53.4 cm³/mol. The number of rotatable bonds is 4. The summed E-state index contributed by atoms with van der Waals surface area (Å²) < 4.78 is 9.81. The molecule has 0 atom stereocenters. The molecule has 0 heterocycles. The van der Waals surface area contributed by atoms with Gasteiger partial charge in [-0.05, 0) is 19.1 Å². The van der Waals surface area contributed by atoms with Crippen LogP contribution >= 0.6 is 11.6 Å². The maximum absolute atomic E-state index is 8.56. The molecule has 2 N–H and O–H groups in total. The van der Waals surface area contributed by atoms with Crippen LogP contribution in [0.15, 0.2) is 18.2 Å². The van der Waals surface area contributed by atoms with E-state index >= 15 is 0 Å². The molecule has 76 valence electrons. The highest BCUT2D eigenvalue weighted by Gasteiger charge is 2.12. The van der Waals surface area contributed by atoms with Gasteiger partial charge in [-0.25, -0.2) is 0 Å². The fourth-order valence-corrected chi connectivity index (χ4v) is 1.12. The van der Waals surface area contributed by atoms with Gasteiger partial charge in [-0.2, -0.15) is 0 Å². The molecule has 1 aromatic rings. The molecule has 0 unspecified atom stereocenters. The Kier molecular flexibility index (Phi) is 4.07. The molecule has 0 aliphatic heterocycles. The SMILES string of the molecule is CCOc1cc(OB(O)O)ccc1Cl. The Balaban J connectivity index is 2.83. The van der Waals surface area contributed by atoms with E-state index in [9.17, 15) is 0 Å². The third-order valence-corrected chi connectivity index (χ3v) is 1.76. The summed E-state index contributed by atoms with van der Waals surface area (Å²) in [5.41, 5.74) is 0. The third kappa shape index (κ3) is 3.10. The molecule has 14 heavy (non-hydrogen) atoms. The summed E-state index contributed by atoms with van der Waals surface area (Å²) in [5.74, 6) is 0.736. The van der Waals surface area contributed by atoms with Gasteiger partial charge in [0.05, 0.1) is 11.6 Å². The lowest BCUT2D eigenvalue weighted by Gasteiger charge is -2.09. The van der Waals surface area contributed by atoms with Gasteiger partial charge in [0.25, 0.3) is 0 Å². The van der Waals surface area contributed by atoms with Crippen molar-refractivity contribution in [1.82, 2.24) is 0 Å². The van der Waals surface area contributed by atoms with Gasteiger partial charge in [0.1, 0.15) is 11.5 Å². The van der Waals surface area contributed by atoms with Gasteiger partial charge in [0.2, 0.25) is 0 Å². The lowest BCUT2D eigenvalue weighted by Crippen LogP contribution is -2.20. The Bertz CT molecular complexity index is 305. The third-order valence-electron chi connectivity index (χ3n) is 1.44. The van der Waals surface area contributed by atoms with E-state index in [2.05, 4.69) is 4.65 Å². The summed E-state index contributed by atoms with van der Waals surface area (Å²) in [7, 11) is -1.84. The van der Waals surface area contributed by atoms with E-state index in [0.29, 0.717) is 17.4 Å². The maximum atomic E-state index is 8.56. The van der Waals surface area contributed by atoms with Crippen molar-refractivity contribution in [2.45, 2.75) is 6.92 Å². The first-order valence-corrected chi connectivity index (χ1v) is 4.46. The minimum Gasteiger partial charge on any atom is -0.512 e. The Morgan fingerprint density at radius 3 is 2.71 bits per heavy atom. The number of ether oxygens (including phenoxy) is 1. The van der Waals surface area contributed by atoms with Gasteiger partial charge >= 0.3 is 7.32 Å². The van der Waals surface area contributed by atoms with Crippen LogP contribution in [0.5, 0.6) is 11.5 Å². The van der Waals surface area contributed by atoms with E-state index in [0.717, 1.165) is 0 Å². The lowest BCUT2D eigenvalue weighted by molar-refractivity contribution is 0.286. The van der Waals surface area contributed by atoms with Crippen molar-refractivity contribution in [1.29, 1.82) is 0 Å². The van der Waals surface area contributed by atoms with E-state index in [1.165, 1.54) is 12.1 Å². The molecule has 0 bridgehead atoms. The molecule has 0 amide bonds.